The summed E-state index contributed by atoms with van der Waals surface area (Å²) in [5, 5.41) is 30.3. The van der Waals surface area contributed by atoms with Crippen molar-refractivity contribution in [2.45, 2.75) is 99.0 Å². The molecule has 0 amide bonds. The van der Waals surface area contributed by atoms with Gasteiger partial charge in [-0.15, -0.1) is 0 Å². The van der Waals surface area contributed by atoms with Crippen LogP contribution in [0.2, 0.25) is 0 Å². The van der Waals surface area contributed by atoms with Gasteiger partial charge < -0.3 is 15.3 Å². The van der Waals surface area contributed by atoms with Gasteiger partial charge in [-0.1, -0.05) is 53.2 Å². The molecule has 5 nitrogen and oxygen atoms in total. The lowest BCUT2D eigenvalue weighted by atomic mass is 9.43. The number of rotatable bonds is 6. The van der Waals surface area contributed by atoms with Gasteiger partial charge in [-0.05, 0) is 67.3 Å². The molecule has 0 saturated heterocycles. The summed E-state index contributed by atoms with van der Waals surface area (Å²) in [6.07, 6.45) is 7.19. The summed E-state index contributed by atoms with van der Waals surface area (Å²) in [5.74, 6) is 1.25. The molecule has 4 aliphatic carbocycles. The molecule has 2 saturated carbocycles. The van der Waals surface area contributed by atoms with Gasteiger partial charge in [-0.2, -0.15) is 0 Å². The quantitative estimate of drug-likeness (QED) is 0.470. The average molecular weight is 487 g/mol. The van der Waals surface area contributed by atoms with Crippen LogP contribution >= 0.6 is 0 Å². The van der Waals surface area contributed by atoms with Crippen LogP contribution in [0.4, 0.5) is 0 Å². The summed E-state index contributed by atoms with van der Waals surface area (Å²) < 4.78 is 0. The van der Waals surface area contributed by atoms with E-state index in [4.69, 9.17) is 0 Å². The number of carbonyl (C=O) groups excluding carboxylic acids is 2. The molecule has 0 aromatic heterocycles. The highest BCUT2D eigenvalue weighted by molar-refractivity contribution is 6.00. The van der Waals surface area contributed by atoms with E-state index in [-0.39, 0.29) is 41.7 Å². The molecule has 35 heavy (non-hydrogen) atoms. The number of aliphatic hydroxyl groups excluding tert-OH is 3. The fourth-order valence-electron chi connectivity index (χ4n) is 9.18. The molecule has 0 aromatic rings. The van der Waals surface area contributed by atoms with E-state index >= 15 is 0 Å². The van der Waals surface area contributed by atoms with Crippen LogP contribution in [0.1, 0.15) is 92.9 Å². The van der Waals surface area contributed by atoms with Crippen LogP contribution in [0.5, 0.6) is 0 Å². The molecule has 7 atom stereocenters. The Hall–Kier alpha value is -1.30. The fraction of sp³-hybridized carbons (Fsp3) is 0.800. The van der Waals surface area contributed by atoms with Crippen molar-refractivity contribution >= 4 is 11.6 Å². The third-order valence-electron chi connectivity index (χ3n) is 11.5. The van der Waals surface area contributed by atoms with Gasteiger partial charge in [-0.3, -0.25) is 9.59 Å². The average Bonchev–Trinajstić information content (AvgIpc) is 3.00. The third-order valence-corrected chi connectivity index (χ3v) is 11.5. The Labute approximate surface area is 211 Å². The van der Waals surface area contributed by atoms with Crippen LogP contribution < -0.4 is 0 Å². The zero-order valence-electron chi connectivity index (χ0n) is 22.6. The van der Waals surface area contributed by atoms with Crippen LogP contribution in [0.25, 0.3) is 0 Å². The van der Waals surface area contributed by atoms with Gasteiger partial charge in [0.05, 0.1) is 19.3 Å². The highest BCUT2D eigenvalue weighted by Crippen LogP contribution is 2.71. The molecular weight excluding hydrogens is 440 g/mol. The van der Waals surface area contributed by atoms with Crippen molar-refractivity contribution in [2.24, 2.45) is 39.4 Å². The first-order chi connectivity index (χ1) is 16.3. The van der Waals surface area contributed by atoms with Crippen molar-refractivity contribution in [1.82, 2.24) is 0 Å². The SMILES string of the molecule is C[C@H](CCC=C(CO)CO)[C@H]1C[C@@H](O)[C@@]2(C)C3=C(C(=O)C[C@]12C)[C@@]1(C)CCC(=O)C(C)(C)[C@@H]1CC3. The predicted molar refractivity (Wildman–Crippen MR) is 136 cm³/mol. The molecule has 5 heteroatoms. The number of carbonyl (C=O) groups is 2. The summed E-state index contributed by atoms with van der Waals surface area (Å²) >= 11 is 0. The van der Waals surface area contributed by atoms with Crippen LogP contribution in [-0.2, 0) is 9.59 Å². The van der Waals surface area contributed by atoms with E-state index in [1.807, 2.05) is 6.08 Å². The van der Waals surface area contributed by atoms with Gasteiger partial charge >= 0.3 is 0 Å². The number of aliphatic hydroxyl groups is 3. The predicted octanol–water partition coefficient (Wildman–Crippen LogP) is 4.78. The summed E-state index contributed by atoms with van der Waals surface area (Å²) in [7, 11) is 0. The van der Waals surface area contributed by atoms with Crippen molar-refractivity contribution in [1.29, 1.82) is 0 Å². The van der Waals surface area contributed by atoms with Crippen LogP contribution in [-0.4, -0.2) is 46.2 Å². The number of hydrogen-bond donors (Lipinski definition) is 3. The zero-order valence-corrected chi connectivity index (χ0v) is 22.6. The van der Waals surface area contributed by atoms with Crippen LogP contribution in [0.3, 0.4) is 0 Å². The summed E-state index contributed by atoms with van der Waals surface area (Å²) in [6, 6.07) is 0. The standard InChI is InChI=1S/C30H46O5/c1-18(8-7-9-19(16-31)17-32)21-14-25(35)30(6)20-10-11-23-27(2,3)24(34)12-13-28(23,4)26(20)22(33)15-29(21,30)5/h9,18,21,23,25,31-32,35H,7-8,10-17H2,1-6H3/t18-,21-,23+,25-,28+,29-,30-/m1/s1. The molecular formula is C30H46O5. The van der Waals surface area contributed by atoms with Crippen molar-refractivity contribution in [3.8, 4) is 0 Å². The molecule has 0 radical (unpaired) electrons. The van der Waals surface area contributed by atoms with Crippen molar-refractivity contribution in [3.63, 3.8) is 0 Å². The molecule has 3 N–H and O–H groups in total. The first-order valence-electron chi connectivity index (χ1n) is 13.7. The molecule has 2 fully saturated rings. The van der Waals surface area contributed by atoms with E-state index in [1.54, 1.807) is 0 Å². The van der Waals surface area contributed by atoms with E-state index in [2.05, 4.69) is 41.5 Å². The topological polar surface area (TPSA) is 94.8 Å². The van der Waals surface area contributed by atoms with Gasteiger partial charge in [0, 0.05) is 34.7 Å². The molecule has 0 unspecified atom stereocenters. The highest BCUT2D eigenvalue weighted by atomic mass is 16.3. The fourth-order valence-corrected chi connectivity index (χ4v) is 9.18. The lowest BCUT2D eigenvalue weighted by molar-refractivity contribution is -0.143. The lowest BCUT2D eigenvalue weighted by Gasteiger charge is -2.60. The summed E-state index contributed by atoms with van der Waals surface area (Å²) in [5.41, 5.74) is 1.31. The van der Waals surface area contributed by atoms with Gasteiger partial charge in [-0.25, -0.2) is 0 Å². The van der Waals surface area contributed by atoms with E-state index in [9.17, 15) is 24.9 Å². The maximum absolute atomic E-state index is 14.0. The first-order valence-corrected chi connectivity index (χ1v) is 13.7. The second kappa shape index (κ2) is 8.92. The largest absolute Gasteiger partial charge is 0.392 e. The zero-order chi connectivity index (χ0) is 26.0. The third kappa shape index (κ3) is 3.67. The Bertz CT molecular complexity index is 954. The number of fused-ring (bicyclic) bond motifs is 4. The second-order valence-corrected chi connectivity index (χ2v) is 13.3. The van der Waals surface area contributed by atoms with Gasteiger partial charge in [0.15, 0.2) is 5.78 Å². The molecule has 0 bridgehead atoms. The number of Topliss-reactive ketones (excluding diaryl/α,β-unsaturated/α-hetero) is 2. The highest BCUT2D eigenvalue weighted by Gasteiger charge is 2.68. The van der Waals surface area contributed by atoms with Crippen LogP contribution in [0, 0.1) is 39.4 Å². The number of allylic oxidation sites excluding steroid dienone is 2. The minimum Gasteiger partial charge on any atom is -0.392 e. The Balaban J connectivity index is 1.70. The van der Waals surface area contributed by atoms with Crippen LogP contribution in [0.15, 0.2) is 22.8 Å². The van der Waals surface area contributed by atoms with Gasteiger partial charge in [0.1, 0.15) is 5.78 Å². The Kier molecular flexibility index (Phi) is 6.82. The Morgan fingerprint density at radius 2 is 1.74 bits per heavy atom. The molecule has 196 valence electrons. The molecule has 0 aliphatic heterocycles. The normalized spacial score (nSPS) is 41.2. The maximum atomic E-state index is 14.0. The Morgan fingerprint density at radius 3 is 2.37 bits per heavy atom. The number of ketones is 2. The maximum Gasteiger partial charge on any atom is 0.159 e. The monoisotopic (exact) mass is 486 g/mol. The minimum absolute atomic E-state index is 0.129. The molecule has 4 rings (SSSR count). The lowest BCUT2D eigenvalue weighted by Crippen LogP contribution is -2.57. The van der Waals surface area contributed by atoms with E-state index in [0.29, 0.717) is 36.5 Å². The van der Waals surface area contributed by atoms with Crippen molar-refractivity contribution < 1.29 is 24.9 Å². The first kappa shape index (κ1) is 26.8. The molecule has 0 aromatic carbocycles. The van der Waals surface area contributed by atoms with E-state index < -0.39 is 16.9 Å². The molecule has 0 spiro atoms. The van der Waals surface area contributed by atoms with E-state index in [0.717, 1.165) is 37.7 Å². The minimum atomic E-state index is -0.489. The summed E-state index contributed by atoms with van der Waals surface area (Å²) in [4.78, 5) is 26.9. The van der Waals surface area contributed by atoms with Crippen molar-refractivity contribution in [2.75, 3.05) is 13.2 Å². The second-order valence-electron chi connectivity index (χ2n) is 13.3. The molecule has 0 heterocycles. The van der Waals surface area contributed by atoms with Gasteiger partial charge in [0.25, 0.3) is 0 Å². The van der Waals surface area contributed by atoms with Gasteiger partial charge in [0.2, 0.25) is 0 Å². The smallest absolute Gasteiger partial charge is 0.159 e. The van der Waals surface area contributed by atoms with Crippen molar-refractivity contribution in [3.05, 3.63) is 22.8 Å². The Morgan fingerprint density at radius 1 is 1.09 bits per heavy atom. The molecule has 4 aliphatic rings. The number of hydrogen-bond acceptors (Lipinski definition) is 5. The summed E-state index contributed by atoms with van der Waals surface area (Å²) in [6.45, 7) is 12.8. The van der Waals surface area contributed by atoms with E-state index in [1.165, 1.54) is 5.57 Å².